The van der Waals surface area contributed by atoms with Gasteiger partial charge in [0.1, 0.15) is 0 Å². The SMILES string of the molecule is O=C(N=C=S)C1CCCC(F)(F)C1. The highest BCUT2D eigenvalue weighted by atomic mass is 32.1. The molecule has 0 aromatic carbocycles. The van der Waals surface area contributed by atoms with Crippen molar-refractivity contribution in [1.82, 2.24) is 0 Å². The molecule has 5 heteroatoms. The molecular weight excluding hydrogens is 196 g/mol. The van der Waals surface area contributed by atoms with Crippen molar-refractivity contribution in [3.8, 4) is 0 Å². The fourth-order valence-corrected chi connectivity index (χ4v) is 1.61. The number of nitrogens with zero attached hydrogens (tertiary/aromatic N) is 1. The molecule has 0 radical (unpaired) electrons. The summed E-state index contributed by atoms with van der Waals surface area (Å²) in [4.78, 5) is 14.3. The van der Waals surface area contributed by atoms with Gasteiger partial charge < -0.3 is 0 Å². The van der Waals surface area contributed by atoms with Gasteiger partial charge in [-0.2, -0.15) is 4.99 Å². The molecule has 0 N–H and O–H groups in total. The second-order valence-corrected chi connectivity index (χ2v) is 3.37. The summed E-state index contributed by atoms with van der Waals surface area (Å²) in [6.07, 6.45) is 0.329. The van der Waals surface area contributed by atoms with E-state index in [-0.39, 0.29) is 6.42 Å². The maximum atomic E-state index is 12.8. The molecule has 1 fully saturated rings. The third-order valence-electron chi connectivity index (χ3n) is 2.15. The maximum Gasteiger partial charge on any atom is 0.257 e. The minimum Gasteiger partial charge on any atom is -0.272 e. The van der Waals surface area contributed by atoms with Crippen LogP contribution in [0.25, 0.3) is 0 Å². The molecule has 72 valence electrons. The van der Waals surface area contributed by atoms with Crippen LogP contribution in [0.3, 0.4) is 0 Å². The van der Waals surface area contributed by atoms with Crippen molar-refractivity contribution in [2.45, 2.75) is 31.6 Å². The highest BCUT2D eigenvalue weighted by molar-refractivity contribution is 7.78. The smallest absolute Gasteiger partial charge is 0.257 e. The molecule has 1 atom stereocenters. The Balaban J connectivity index is 2.61. The number of carbonyl (C=O) groups excluding carboxylic acids is 1. The number of alkyl halides is 2. The molecule has 0 heterocycles. The summed E-state index contributed by atoms with van der Waals surface area (Å²) < 4.78 is 25.6. The van der Waals surface area contributed by atoms with Gasteiger partial charge in [0.05, 0.1) is 5.16 Å². The first-order valence-electron chi connectivity index (χ1n) is 4.05. The fourth-order valence-electron chi connectivity index (χ4n) is 1.52. The summed E-state index contributed by atoms with van der Waals surface area (Å²) in [7, 11) is 0. The second-order valence-electron chi connectivity index (χ2n) is 3.19. The first-order chi connectivity index (χ1) is 6.05. The van der Waals surface area contributed by atoms with Gasteiger partial charge in [-0.15, -0.1) is 0 Å². The van der Waals surface area contributed by atoms with E-state index in [0.717, 1.165) is 0 Å². The summed E-state index contributed by atoms with van der Waals surface area (Å²) >= 11 is 4.23. The zero-order valence-corrected chi connectivity index (χ0v) is 7.74. The number of hydrogen-bond donors (Lipinski definition) is 0. The lowest BCUT2D eigenvalue weighted by atomic mass is 9.86. The molecule has 0 saturated heterocycles. The van der Waals surface area contributed by atoms with Crippen molar-refractivity contribution in [3.05, 3.63) is 0 Å². The Morgan fingerprint density at radius 2 is 2.31 bits per heavy atom. The summed E-state index contributed by atoms with van der Waals surface area (Å²) in [6, 6.07) is 0. The molecule has 1 saturated carbocycles. The zero-order chi connectivity index (χ0) is 9.90. The van der Waals surface area contributed by atoms with Gasteiger partial charge in [-0.3, -0.25) is 4.79 Å². The van der Waals surface area contributed by atoms with Crippen LogP contribution in [0.1, 0.15) is 25.7 Å². The second kappa shape index (κ2) is 4.03. The Morgan fingerprint density at radius 3 is 2.85 bits per heavy atom. The van der Waals surface area contributed by atoms with Crippen molar-refractivity contribution < 1.29 is 13.6 Å². The van der Waals surface area contributed by atoms with Crippen LogP contribution < -0.4 is 0 Å². The average Bonchev–Trinajstić information content (AvgIpc) is 2.03. The lowest BCUT2D eigenvalue weighted by Crippen LogP contribution is -2.29. The summed E-state index contributed by atoms with van der Waals surface area (Å²) in [5, 5.41) is 1.91. The summed E-state index contributed by atoms with van der Waals surface area (Å²) in [5.41, 5.74) is 0. The van der Waals surface area contributed by atoms with E-state index >= 15 is 0 Å². The molecule has 1 unspecified atom stereocenters. The third kappa shape index (κ3) is 2.94. The quantitative estimate of drug-likeness (QED) is 0.486. The Kier molecular flexibility index (Phi) is 3.22. The lowest BCUT2D eigenvalue weighted by molar-refractivity contribution is -0.128. The highest BCUT2D eigenvalue weighted by Gasteiger charge is 2.38. The average molecular weight is 205 g/mol. The molecular formula is C8H9F2NOS. The van der Waals surface area contributed by atoms with Gasteiger partial charge in [-0.05, 0) is 25.1 Å². The molecule has 0 aliphatic heterocycles. The van der Waals surface area contributed by atoms with E-state index < -0.39 is 24.2 Å². The van der Waals surface area contributed by atoms with Gasteiger partial charge in [-0.1, -0.05) is 0 Å². The third-order valence-corrected chi connectivity index (χ3v) is 2.24. The minimum atomic E-state index is -2.71. The predicted octanol–water partition coefficient (Wildman–Crippen LogP) is 2.44. The normalized spacial score (nSPS) is 26.2. The summed E-state index contributed by atoms with van der Waals surface area (Å²) in [6.45, 7) is 0. The first-order valence-corrected chi connectivity index (χ1v) is 4.45. The van der Waals surface area contributed by atoms with Crippen molar-refractivity contribution in [3.63, 3.8) is 0 Å². The molecule has 1 amide bonds. The van der Waals surface area contributed by atoms with E-state index in [4.69, 9.17) is 0 Å². The van der Waals surface area contributed by atoms with Crippen LogP contribution >= 0.6 is 12.2 Å². The van der Waals surface area contributed by atoms with Gasteiger partial charge in [0.2, 0.25) is 5.92 Å². The van der Waals surface area contributed by atoms with Gasteiger partial charge in [0.15, 0.2) is 0 Å². The van der Waals surface area contributed by atoms with Gasteiger partial charge >= 0.3 is 0 Å². The van der Waals surface area contributed by atoms with Crippen LogP contribution in [0.4, 0.5) is 8.78 Å². The molecule has 0 spiro atoms. The largest absolute Gasteiger partial charge is 0.272 e. The number of aliphatic imine (C=N–C) groups is 1. The van der Waals surface area contributed by atoms with Crippen LogP contribution in [0.2, 0.25) is 0 Å². The van der Waals surface area contributed by atoms with Crippen LogP contribution in [0.5, 0.6) is 0 Å². The van der Waals surface area contributed by atoms with Crippen LogP contribution in [-0.2, 0) is 4.79 Å². The fraction of sp³-hybridized carbons (Fsp3) is 0.750. The monoisotopic (exact) mass is 205 g/mol. The number of amides is 1. The predicted molar refractivity (Wildman–Crippen MR) is 46.9 cm³/mol. The lowest BCUT2D eigenvalue weighted by Gasteiger charge is -2.26. The van der Waals surface area contributed by atoms with Crippen LogP contribution in [0, 0.1) is 5.92 Å². The van der Waals surface area contributed by atoms with E-state index in [1.807, 2.05) is 5.16 Å². The van der Waals surface area contributed by atoms with Crippen LogP contribution in [-0.4, -0.2) is 17.0 Å². The Bertz CT molecular complexity index is 261. The zero-order valence-electron chi connectivity index (χ0n) is 6.93. The minimum absolute atomic E-state index is 0.127. The highest BCUT2D eigenvalue weighted by Crippen LogP contribution is 2.36. The molecule has 0 aromatic heterocycles. The maximum absolute atomic E-state index is 12.8. The molecule has 2 nitrogen and oxygen atoms in total. The first kappa shape index (κ1) is 10.4. The van der Waals surface area contributed by atoms with Crippen molar-refractivity contribution >= 4 is 23.3 Å². The van der Waals surface area contributed by atoms with E-state index in [0.29, 0.717) is 12.8 Å². The van der Waals surface area contributed by atoms with E-state index in [9.17, 15) is 13.6 Å². The molecule has 1 aliphatic carbocycles. The van der Waals surface area contributed by atoms with Crippen LogP contribution in [0.15, 0.2) is 4.99 Å². The number of thiocarbonyl (C=S) groups is 1. The number of isothiocyanates is 1. The van der Waals surface area contributed by atoms with Crippen molar-refractivity contribution in [1.29, 1.82) is 0 Å². The molecule has 1 rings (SSSR count). The molecule has 13 heavy (non-hydrogen) atoms. The van der Waals surface area contributed by atoms with Crippen molar-refractivity contribution in [2.24, 2.45) is 10.9 Å². The molecule has 0 bridgehead atoms. The Hall–Kier alpha value is -0.670. The number of halogens is 2. The van der Waals surface area contributed by atoms with E-state index in [1.165, 1.54) is 0 Å². The van der Waals surface area contributed by atoms with Crippen molar-refractivity contribution in [2.75, 3.05) is 0 Å². The molecule has 0 aromatic rings. The van der Waals surface area contributed by atoms with Gasteiger partial charge in [0.25, 0.3) is 5.91 Å². The van der Waals surface area contributed by atoms with Gasteiger partial charge in [-0.25, -0.2) is 8.78 Å². The summed E-state index contributed by atoms with van der Waals surface area (Å²) in [5.74, 6) is -3.94. The Labute approximate surface area is 80.0 Å². The topological polar surface area (TPSA) is 29.4 Å². The van der Waals surface area contributed by atoms with E-state index in [1.54, 1.807) is 0 Å². The molecule has 1 aliphatic rings. The van der Waals surface area contributed by atoms with E-state index in [2.05, 4.69) is 17.2 Å². The standard InChI is InChI=1S/C8H9F2NOS/c9-8(10)3-1-2-6(4-8)7(12)11-5-13/h6H,1-4H2. The number of rotatable bonds is 1. The Morgan fingerprint density at radius 1 is 1.62 bits per heavy atom. The van der Waals surface area contributed by atoms with Gasteiger partial charge in [0, 0.05) is 18.8 Å². The number of carbonyl (C=O) groups is 1. The number of hydrogen-bond acceptors (Lipinski definition) is 2.